The number of rotatable bonds is 5. The summed E-state index contributed by atoms with van der Waals surface area (Å²) in [5, 5.41) is 4.62. The minimum absolute atomic E-state index is 0.671. The number of hydrogen-bond donors (Lipinski definition) is 1. The van der Waals surface area contributed by atoms with E-state index in [-0.39, 0.29) is 0 Å². The number of pyridine rings is 2. The molecule has 3 rings (SSSR count). The second-order valence-electron chi connectivity index (χ2n) is 4.76. The molecule has 3 aromatic rings. The standard InChI is InChI=1S/C17H17N3O/c1-21-17-14(5-4-9-20-17)12-18-11-13-8-10-19-16-7-3-2-6-15(13)16/h2-10,18H,11-12H2,1H3. The summed E-state index contributed by atoms with van der Waals surface area (Å²) >= 11 is 0. The molecule has 21 heavy (non-hydrogen) atoms. The molecule has 0 spiro atoms. The number of aromatic nitrogens is 2. The molecule has 0 fully saturated rings. The molecule has 0 aliphatic heterocycles. The van der Waals surface area contributed by atoms with Gasteiger partial charge in [0.15, 0.2) is 0 Å². The maximum Gasteiger partial charge on any atom is 0.217 e. The van der Waals surface area contributed by atoms with Crippen molar-refractivity contribution in [2.75, 3.05) is 7.11 Å². The van der Waals surface area contributed by atoms with Crippen LogP contribution in [0.4, 0.5) is 0 Å². The Balaban J connectivity index is 1.72. The second kappa shape index (κ2) is 6.33. The fourth-order valence-corrected chi connectivity index (χ4v) is 2.38. The molecule has 0 atom stereocenters. The quantitative estimate of drug-likeness (QED) is 0.780. The zero-order valence-electron chi connectivity index (χ0n) is 11.9. The lowest BCUT2D eigenvalue weighted by Gasteiger charge is -2.10. The van der Waals surface area contributed by atoms with Gasteiger partial charge in [-0.3, -0.25) is 4.98 Å². The van der Waals surface area contributed by atoms with Crippen LogP contribution in [0.5, 0.6) is 5.88 Å². The Bertz CT molecular complexity index is 737. The average molecular weight is 279 g/mol. The van der Waals surface area contributed by atoms with Crippen LogP contribution in [0.25, 0.3) is 10.9 Å². The maximum atomic E-state index is 5.26. The molecule has 0 amide bonds. The van der Waals surface area contributed by atoms with Crippen LogP contribution in [0.3, 0.4) is 0 Å². The Kier molecular flexibility index (Phi) is 4.07. The highest BCUT2D eigenvalue weighted by Gasteiger charge is 2.04. The van der Waals surface area contributed by atoms with Crippen molar-refractivity contribution in [1.29, 1.82) is 0 Å². The third-order valence-electron chi connectivity index (χ3n) is 3.41. The molecule has 4 nitrogen and oxygen atoms in total. The van der Waals surface area contributed by atoms with E-state index >= 15 is 0 Å². The van der Waals surface area contributed by atoms with Gasteiger partial charge in [0.1, 0.15) is 0 Å². The summed E-state index contributed by atoms with van der Waals surface area (Å²) < 4.78 is 5.26. The van der Waals surface area contributed by atoms with E-state index in [1.165, 1.54) is 10.9 Å². The van der Waals surface area contributed by atoms with Crippen molar-refractivity contribution in [1.82, 2.24) is 15.3 Å². The molecule has 0 saturated heterocycles. The van der Waals surface area contributed by atoms with Crippen LogP contribution in [0.1, 0.15) is 11.1 Å². The van der Waals surface area contributed by atoms with Crippen LogP contribution in [0.15, 0.2) is 54.9 Å². The topological polar surface area (TPSA) is 47.0 Å². The predicted octanol–water partition coefficient (Wildman–Crippen LogP) is 2.93. The van der Waals surface area contributed by atoms with E-state index in [1.54, 1.807) is 13.3 Å². The van der Waals surface area contributed by atoms with Crippen molar-refractivity contribution < 1.29 is 4.74 Å². The van der Waals surface area contributed by atoms with E-state index in [1.807, 2.05) is 36.5 Å². The summed E-state index contributed by atoms with van der Waals surface area (Å²) in [6.07, 6.45) is 3.59. The van der Waals surface area contributed by atoms with Crippen LogP contribution in [0.2, 0.25) is 0 Å². The molecular formula is C17H17N3O. The van der Waals surface area contributed by atoms with E-state index in [0.717, 1.165) is 17.6 Å². The average Bonchev–Trinajstić information content (AvgIpc) is 2.55. The minimum atomic E-state index is 0.671. The molecule has 1 aromatic carbocycles. The number of nitrogens with one attached hydrogen (secondary N) is 1. The van der Waals surface area contributed by atoms with Crippen molar-refractivity contribution in [3.8, 4) is 5.88 Å². The van der Waals surface area contributed by atoms with Gasteiger partial charge in [-0.2, -0.15) is 0 Å². The molecule has 0 saturated carbocycles. The number of fused-ring (bicyclic) bond motifs is 1. The molecule has 0 aliphatic rings. The minimum Gasteiger partial charge on any atom is -0.481 e. The van der Waals surface area contributed by atoms with E-state index in [9.17, 15) is 0 Å². The van der Waals surface area contributed by atoms with Crippen molar-refractivity contribution in [3.63, 3.8) is 0 Å². The van der Waals surface area contributed by atoms with E-state index in [2.05, 4.69) is 27.4 Å². The summed E-state index contributed by atoms with van der Waals surface area (Å²) in [5.41, 5.74) is 3.32. The number of nitrogens with zero attached hydrogens (tertiary/aromatic N) is 2. The van der Waals surface area contributed by atoms with E-state index in [4.69, 9.17) is 4.74 Å². The third-order valence-corrected chi connectivity index (χ3v) is 3.41. The first-order valence-electron chi connectivity index (χ1n) is 6.89. The largest absolute Gasteiger partial charge is 0.481 e. The highest BCUT2D eigenvalue weighted by Crippen LogP contribution is 2.17. The van der Waals surface area contributed by atoms with E-state index in [0.29, 0.717) is 12.4 Å². The van der Waals surface area contributed by atoms with Crippen molar-refractivity contribution in [2.24, 2.45) is 0 Å². The van der Waals surface area contributed by atoms with Gasteiger partial charge in [0.25, 0.3) is 0 Å². The van der Waals surface area contributed by atoms with E-state index < -0.39 is 0 Å². The normalized spacial score (nSPS) is 10.7. The summed E-state index contributed by atoms with van der Waals surface area (Å²) in [6.45, 7) is 1.49. The lowest BCUT2D eigenvalue weighted by atomic mass is 10.1. The van der Waals surface area contributed by atoms with Gasteiger partial charge in [0.05, 0.1) is 12.6 Å². The van der Waals surface area contributed by atoms with Gasteiger partial charge in [-0.15, -0.1) is 0 Å². The van der Waals surface area contributed by atoms with Gasteiger partial charge >= 0.3 is 0 Å². The Hall–Kier alpha value is -2.46. The van der Waals surface area contributed by atoms with Crippen molar-refractivity contribution in [2.45, 2.75) is 13.1 Å². The zero-order chi connectivity index (χ0) is 14.5. The van der Waals surface area contributed by atoms with Gasteiger partial charge in [-0.1, -0.05) is 24.3 Å². The highest BCUT2D eigenvalue weighted by atomic mass is 16.5. The highest BCUT2D eigenvalue weighted by molar-refractivity contribution is 5.81. The van der Waals surface area contributed by atoms with Gasteiger partial charge < -0.3 is 10.1 Å². The summed E-state index contributed by atoms with van der Waals surface area (Å²) in [7, 11) is 1.64. The van der Waals surface area contributed by atoms with Crippen LogP contribution in [0, 0.1) is 0 Å². The van der Waals surface area contributed by atoms with Crippen LogP contribution in [-0.2, 0) is 13.1 Å². The van der Waals surface area contributed by atoms with Crippen molar-refractivity contribution in [3.05, 3.63) is 66.0 Å². The number of benzene rings is 1. The Morgan fingerprint density at radius 3 is 2.67 bits per heavy atom. The molecule has 0 unspecified atom stereocenters. The molecule has 4 heteroatoms. The molecule has 0 aliphatic carbocycles. The first-order valence-corrected chi connectivity index (χ1v) is 6.89. The number of methoxy groups -OCH3 is 1. The third kappa shape index (κ3) is 3.01. The summed E-state index contributed by atoms with van der Waals surface area (Å²) in [4.78, 5) is 8.58. The molecule has 106 valence electrons. The first kappa shape index (κ1) is 13.5. The summed E-state index contributed by atoms with van der Waals surface area (Å²) in [6, 6.07) is 14.2. The molecule has 2 aromatic heterocycles. The predicted molar refractivity (Wildman–Crippen MR) is 83.1 cm³/mol. The van der Waals surface area contributed by atoms with Crippen LogP contribution >= 0.6 is 0 Å². The summed E-state index contributed by atoms with van der Waals surface area (Å²) in [5.74, 6) is 0.671. The van der Waals surface area contributed by atoms with Crippen LogP contribution < -0.4 is 10.1 Å². The Morgan fingerprint density at radius 1 is 0.905 bits per heavy atom. The lowest BCUT2D eigenvalue weighted by Crippen LogP contribution is -2.14. The maximum absolute atomic E-state index is 5.26. The number of para-hydroxylation sites is 1. The van der Waals surface area contributed by atoms with Gasteiger partial charge in [0, 0.05) is 36.4 Å². The van der Waals surface area contributed by atoms with Crippen molar-refractivity contribution >= 4 is 10.9 Å². The molecule has 2 heterocycles. The van der Waals surface area contributed by atoms with Gasteiger partial charge in [0.2, 0.25) is 5.88 Å². The molecular weight excluding hydrogens is 262 g/mol. The Labute approximate surface area is 123 Å². The fraction of sp³-hybridized carbons (Fsp3) is 0.176. The zero-order valence-corrected chi connectivity index (χ0v) is 11.9. The first-order chi connectivity index (χ1) is 10.4. The van der Waals surface area contributed by atoms with Gasteiger partial charge in [-0.05, 0) is 23.8 Å². The SMILES string of the molecule is COc1ncccc1CNCc1ccnc2ccccc12. The number of hydrogen-bond acceptors (Lipinski definition) is 4. The fourth-order valence-electron chi connectivity index (χ4n) is 2.38. The van der Waals surface area contributed by atoms with Crippen LogP contribution in [-0.4, -0.2) is 17.1 Å². The Morgan fingerprint density at radius 2 is 1.76 bits per heavy atom. The molecule has 0 radical (unpaired) electrons. The lowest BCUT2D eigenvalue weighted by molar-refractivity contribution is 0.390. The molecule has 0 bridgehead atoms. The number of ether oxygens (including phenoxy) is 1. The van der Waals surface area contributed by atoms with Gasteiger partial charge in [-0.25, -0.2) is 4.98 Å². The molecule has 1 N–H and O–H groups in total. The smallest absolute Gasteiger partial charge is 0.217 e. The monoisotopic (exact) mass is 279 g/mol. The second-order valence-corrected chi connectivity index (χ2v) is 4.76.